The van der Waals surface area contributed by atoms with Crippen LogP contribution in [0.4, 0.5) is 5.82 Å². The van der Waals surface area contributed by atoms with Crippen molar-refractivity contribution in [3.05, 3.63) is 65.5 Å². The molecule has 4 aliphatic rings. The van der Waals surface area contributed by atoms with Crippen LogP contribution in [0.25, 0.3) is 16.8 Å². The van der Waals surface area contributed by atoms with Crippen LogP contribution >= 0.6 is 11.6 Å². The maximum atomic E-state index is 13.2. The Kier molecular flexibility index (Phi) is 5.44. The molecular formula is C31H29ClN8O3. The maximum absolute atomic E-state index is 13.2. The van der Waals surface area contributed by atoms with Crippen LogP contribution in [-0.2, 0) is 0 Å². The quantitative estimate of drug-likeness (QED) is 0.326. The Bertz CT molecular complexity index is 1850. The van der Waals surface area contributed by atoms with Crippen molar-refractivity contribution in [1.29, 1.82) is 5.26 Å². The number of fused-ring (bicyclic) bond motifs is 2. The number of ether oxygens (including phenoxy) is 1. The Balaban J connectivity index is 1.07. The summed E-state index contributed by atoms with van der Waals surface area (Å²) < 4.78 is 7.44. The van der Waals surface area contributed by atoms with Crippen LogP contribution in [0.5, 0.6) is 5.75 Å². The van der Waals surface area contributed by atoms with Crippen molar-refractivity contribution in [1.82, 2.24) is 29.9 Å². The lowest BCUT2D eigenvalue weighted by atomic mass is 9.43. The normalized spacial score (nSPS) is 28.2. The second kappa shape index (κ2) is 8.88. The Labute approximate surface area is 252 Å². The summed E-state index contributed by atoms with van der Waals surface area (Å²) in [5.41, 5.74) is 1.34. The first-order valence-corrected chi connectivity index (χ1v) is 14.8. The number of aromatic nitrogens is 5. The second-order valence-corrected chi connectivity index (χ2v) is 13.4. The summed E-state index contributed by atoms with van der Waals surface area (Å²) in [4.78, 5) is 29.5. The molecule has 3 aliphatic carbocycles. The second-order valence-electron chi connectivity index (χ2n) is 13.0. The number of hydrogen-bond acceptors (Lipinski definition) is 9. The number of carbonyl (C=O) groups excluding carboxylic acids is 1. The van der Waals surface area contributed by atoms with Crippen molar-refractivity contribution in [2.75, 3.05) is 11.5 Å². The highest BCUT2D eigenvalue weighted by molar-refractivity contribution is 6.33. The standard InChI is InChI=1S/C31H29ClN8O3/c1-29(2,42)16-43-19-7-20(27-18(11-33)12-37-39(27)15-19)22-13-36-25(14-35-22)40-23-6-17-8-30(10-24(40)31(23,30)9-17)38-28(41)26-21(32)4-3-5-34-26/h3-5,7,12-15,17,23-24,42H,6,8-10,16H2,1-2H3,(H,38,41). The number of nitrogens with zero attached hydrogens (tertiary/aromatic N) is 7. The molecule has 0 radical (unpaired) electrons. The van der Waals surface area contributed by atoms with Gasteiger partial charge in [0.05, 0.1) is 57.7 Å². The Morgan fingerprint density at radius 3 is 2.84 bits per heavy atom. The van der Waals surface area contributed by atoms with Crippen molar-refractivity contribution in [3.63, 3.8) is 0 Å². The number of amides is 1. The van der Waals surface area contributed by atoms with Gasteiger partial charge in [0, 0.05) is 29.3 Å². The molecule has 12 heteroatoms. The van der Waals surface area contributed by atoms with Crippen LogP contribution in [0.1, 0.15) is 55.6 Å². The predicted molar refractivity (Wildman–Crippen MR) is 157 cm³/mol. The van der Waals surface area contributed by atoms with Crippen molar-refractivity contribution in [2.45, 2.75) is 62.8 Å². The van der Waals surface area contributed by atoms with E-state index in [1.165, 1.54) is 6.20 Å². The Hall–Kier alpha value is -4.27. The molecule has 1 saturated heterocycles. The SMILES string of the molecule is CC(C)(O)COc1cc(-c2cnc(N3C4CC5CC6(NC(=O)c7ncccc7Cl)CC3C46C5)cn2)c2c(C#N)cnn2c1. The molecular weight excluding hydrogens is 568 g/mol. The molecule has 8 rings (SSSR count). The van der Waals surface area contributed by atoms with E-state index >= 15 is 0 Å². The van der Waals surface area contributed by atoms with Gasteiger partial charge in [0.2, 0.25) is 0 Å². The van der Waals surface area contributed by atoms with Crippen LogP contribution < -0.4 is 15.0 Å². The number of aliphatic hydroxyl groups is 1. The fraction of sp³-hybridized carbons (Fsp3) is 0.419. The molecule has 3 saturated carbocycles. The highest BCUT2D eigenvalue weighted by atomic mass is 35.5. The molecule has 0 aromatic carbocycles. The van der Waals surface area contributed by atoms with Gasteiger partial charge in [-0.3, -0.25) is 9.78 Å². The number of piperidine rings is 1. The third kappa shape index (κ3) is 3.66. The van der Waals surface area contributed by atoms with E-state index in [0.717, 1.165) is 31.5 Å². The molecule has 1 aliphatic heterocycles. The minimum absolute atomic E-state index is 0.0343. The zero-order valence-electron chi connectivity index (χ0n) is 23.7. The predicted octanol–water partition coefficient (Wildman–Crippen LogP) is 3.79. The molecule has 4 aromatic rings. The van der Waals surface area contributed by atoms with E-state index < -0.39 is 5.60 Å². The molecule has 1 spiro atoms. The summed E-state index contributed by atoms with van der Waals surface area (Å²) in [7, 11) is 0. The molecule has 4 aromatic heterocycles. The number of anilines is 1. The smallest absolute Gasteiger partial charge is 0.271 e. The average molecular weight is 597 g/mol. The summed E-state index contributed by atoms with van der Waals surface area (Å²) in [5, 5.41) is 27.9. The molecule has 1 amide bonds. The van der Waals surface area contributed by atoms with Gasteiger partial charge in [-0.05, 0) is 63.6 Å². The maximum Gasteiger partial charge on any atom is 0.271 e. The first-order chi connectivity index (χ1) is 20.6. The number of rotatable bonds is 7. The van der Waals surface area contributed by atoms with Crippen molar-refractivity contribution in [2.24, 2.45) is 11.3 Å². The van der Waals surface area contributed by atoms with Crippen LogP contribution in [-0.4, -0.2) is 65.4 Å². The van der Waals surface area contributed by atoms with Crippen LogP contribution in [0.15, 0.2) is 49.2 Å². The van der Waals surface area contributed by atoms with Gasteiger partial charge in [0.15, 0.2) is 0 Å². The number of hydrogen-bond donors (Lipinski definition) is 2. The fourth-order valence-corrected chi connectivity index (χ4v) is 8.63. The van der Waals surface area contributed by atoms with Gasteiger partial charge in [0.1, 0.15) is 29.9 Å². The third-order valence-electron chi connectivity index (χ3n) is 9.92. The molecule has 5 unspecified atom stereocenters. The van der Waals surface area contributed by atoms with Crippen molar-refractivity contribution < 1.29 is 14.6 Å². The zero-order valence-corrected chi connectivity index (χ0v) is 24.4. The number of halogens is 1. The van der Waals surface area contributed by atoms with Gasteiger partial charge in [-0.15, -0.1) is 0 Å². The molecule has 2 N–H and O–H groups in total. The van der Waals surface area contributed by atoms with E-state index in [-0.39, 0.29) is 41.2 Å². The monoisotopic (exact) mass is 596 g/mol. The number of nitrogens with one attached hydrogen (secondary N) is 1. The highest BCUT2D eigenvalue weighted by Gasteiger charge is 2.84. The van der Waals surface area contributed by atoms with E-state index in [0.29, 0.717) is 39.0 Å². The van der Waals surface area contributed by atoms with Gasteiger partial charge < -0.3 is 20.1 Å². The van der Waals surface area contributed by atoms with Crippen LogP contribution in [0.2, 0.25) is 5.02 Å². The summed E-state index contributed by atoms with van der Waals surface area (Å²) in [5.74, 6) is 1.65. The van der Waals surface area contributed by atoms with Gasteiger partial charge in [-0.2, -0.15) is 10.4 Å². The molecule has 43 heavy (non-hydrogen) atoms. The van der Waals surface area contributed by atoms with E-state index in [1.54, 1.807) is 61.3 Å². The summed E-state index contributed by atoms with van der Waals surface area (Å²) in [6.07, 6.45) is 12.3. The van der Waals surface area contributed by atoms with E-state index in [9.17, 15) is 15.2 Å². The topological polar surface area (TPSA) is 142 Å². The van der Waals surface area contributed by atoms with Gasteiger partial charge in [0.25, 0.3) is 5.91 Å². The molecule has 5 atom stereocenters. The molecule has 11 nitrogen and oxygen atoms in total. The van der Waals surface area contributed by atoms with Gasteiger partial charge in [-0.25, -0.2) is 14.5 Å². The van der Waals surface area contributed by atoms with E-state index in [4.69, 9.17) is 26.3 Å². The molecule has 4 fully saturated rings. The Morgan fingerprint density at radius 1 is 1.23 bits per heavy atom. The van der Waals surface area contributed by atoms with Gasteiger partial charge >= 0.3 is 0 Å². The highest BCUT2D eigenvalue weighted by Crippen LogP contribution is 2.78. The van der Waals surface area contributed by atoms with Crippen LogP contribution in [0.3, 0.4) is 0 Å². The first-order valence-electron chi connectivity index (χ1n) is 14.4. The average Bonchev–Trinajstić information content (AvgIpc) is 3.63. The lowest BCUT2D eigenvalue weighted by Crippen LogP contribution is -2.89. The number of pyridine rings is 2. The minimum atomic E-state index is -1.01. The summed E-state index contributed by atoms with van der Waals surface area (Å²) in [6.45, 7) is 3.43. The van der Waals surface area contributed by atoms with Gasteiger partial charge in [-0.1, -0.05) is 11.6 Å². The molecule has 5 heterocycles. The third-order valence-corrected chi connectivity index (χ3v) is 10.2. The van der Waals surface area contributed by atoms with Crippen LogP contribution in [0, 0.1) is 22.7 Å². The fourth-order valence-electron chi connectivity index (χ4n) is 8.42. The lowest BCUT2D eigenvalue weighted by Gasteiger charge is -2.77. The molecule has 218 valence electrons. The minimum Gasteiger partial charge on any atom is -0.489 e. The summed E-state index contributed by atoms with van der Waals surface area (Å²) >= 11 is 6.28. The summed E-state index contributed by atoms with van der Waals surface area (Å²) in [6, 6.07) is 8.00. The van der Waals surface area contributed by atoms with E-state index in [2.05, 4.69) is 26.4 Å². The lowest BCUT2D eigenvalue weighted by molar-refractivity contribution is -0.117. The van der Waals surface area contributed by atoms with Crippen molar-refractivity contribution in [3.8, 4) is 23.1 Å². The number of nitriles is 1. The zero-order chi connectivity index (χ0) is 29.7. The largest absolute Gasteiger partial charge is 0.489 e. The molecule has 2 bridgehead atoms. The number of carbonyl (C=O) groups is 1. The van der Waals surface area contributed by atoms with Crippen molar-refractivity contribution >= 4 is 28.8 Å². The Morgan fingerprint density at radius 2 is 2.09 bits per heavy atom. The van der Waals surface area contributed by atoms with E-state index in [1.807, 2.05) is 0 Å². The first kappa shape index (κ1) is 26.4.